The van der Waals surface area contributed by atoms with Crippen LogP contribution in [0.3, 0.4) is 0 Å². The second kappa shape index (κ2) is 9.83. The van der Waals surface area contributed by atoms with Crippen molar-refractivity contribution < 1.29 is 23.1 Å². The third-order valence-corrected chi connectivity index (χ3v) is 6.48. The summed E-state index contributed by atoms with van der Waals surface area (Å²) in [5, 5.41) is 7.70. The van der Waals surface area contributed by atoms with Crippen molar-refractivity contribution in [2.45, 2.75) is 46.8 Å². The molecule has 1 fully saturated rings. The number of anilines is 2. The number of rotatable bonds is 4. The number of carbonyl (C=O) groups is 2. The number of imidazole rings is 1. The Kier molecular flexibility index (Phi) is 6.65. The summed E-state index contributed by atoms with van der Waals surface area (Å²) >= 11 is 0. The molecule has 4 aromatic rings. The molecule has 2 amide bonds. The maximum Gasteiger partial charge on any atom is 0.410 e. The number of ether oxygens (including phenoxy) is 1. The van der Waals surface area contributed by atoms with Crippen LogP contribution in [0.25, 0.3) is 16.6 Å². The number of hydrogen-bond donors (Lipinski definition) is 1. The summed E-state index contributed by atoms with van der Waals surface area (Å²) in [5.41, 5.74) is 0.893. The highest BCUT2D eigenvalue weighted by Crippen LogP contribution is 2.33. The van der Waals surface area contributed by atoms with E-state index in [0.29, 0.717) is 49.5 Å². The van der Waals surface area contributed by atoms with Crippen LogP contribution in [0, 0.1) is 18.6 Å². The minimum absolute atomic E-state index is 0.136. The molecule has 5 rings (SSSR count). The lowest BCUT2D eigenvalue weighted by Crippen LogP contribution is -2.50. The number of fused-ring (bicyclic) bond motifs is 2. The molecule has 1 saturated heterocycles. The van der Waals surface area contributed by atoms with Crippen LogP contribution < -0.4 is 10.2 Å². The summed E-state index contributed by atoms with van der Waals surface area (Å²) in [5.74, 6) is -2.09. The smallest absolute Gasteiger partial charge is 0.410 e. The molecule has 4 heterocycles. The zero-order valence-corrected chi connectivity index (χ0v) is 22.6. The Balaban J connectivity index is 1.43. The summed E-state index contributed by atoms with van der Waals surface area (Å²) < 4.78 is 38.7. The van der Waals surface area contributed by atoms with E-state index < -0.39 is 23.1 Å². The van der Waals surface area contributed by atoms with E-state index >= 15 is 4.39 Å². The van der Waals surface area contributed by atoms with Gasteiger partial charge in [-0.1, -0.05) is 0 Å². The number of hydrogen-bond acceptors (Lipinski definition) is 6. The van der Waals surface area contributed by atoms with Crippen molar-refractivity contribution in [1.29, 1.82) is 0 Å². The van der Waals surface area contributed by atoms with Gasteiger partial charge in [-0.05, 0) is 40.7 Å². The van der Waals surface area contributed by atoms with E-state index in [9.17, 15) is 14.0 Å². The van der Waals surface area contributed by atoms with Crippen LogP contribution in [-0.4, -0.2) is 67.8 Å². The Hall–Kier alpha value is -4.22. The van der Waals surface area contributed by atoms with Crippen molar-refractivity contribution in [2.75, 3.05) is 36.4 Å². The zero-order valence-electron chi connectivity index (χ0n) is 22.6. The van der Waals surface area contributed by atoms with E-state index in [1.807, 2.05) is 32.6 Å². The first-order valence-electron chi connectivity index (χ1n) is 12.8. The van der Waals surface area contributed by atoms with Gasteiger partial charge in [-0.15, -0.1) is 0 Å². The van der Waals surface area contributed by atoms with E-state index in [2.05, 4.69) is 15.4 Å². The Morgan fingerprint density at radius 1 is 1.05 bits per heavy atom. The molecule has 12 heteroatoms. The Morgan fingerprint density at radius 3 is 2.44 bits per heavy atom. The molecule has 1 aromatic carbocycles. The van der Waals surface area contributed by atoms with Crippen molar-refractivity contribution >= 4 is 39.9 Å². The highest BCUT2D eigenvalue weighted by molar-refractivity contribution is 6.14. The number of amides is 2. The van der Waals surface area contributed by atoms with E-state index in [1.54, 1.807) is 28.9 Å². The van der Waals surface area contributed by atoms with E-state index in [1.165, 1.54) is 16.7 Å². The van der Waals surface area contributed by atoms with Crippen molar-refractivity contribution in [3.8, 4) is 0 Å². The lowest BCUT2D eigenvalue weighted by Gasteiger charge is -2.37. The minimum Gasteiger partial charge on any atom is -0.444 e. The van der Waals surface area contributed by atoms with Gasteiger partial charge in [-0.2, -0.15) is 5.10 Å². The van der Waals surface area contributed by atoms with Gasteiger partial charge in [0.15, 0.2) is 11.5 Å². The maximum absolute atomic E-state index is 15.6. The zero-order chi connectivity index (χ0) is 28.1. The summed E-state index contributed by atoms with van der Waals surface area (Å²) in [6.45, 7) is 11.3. The Morgan fingerprint density at radius 2 is 1.77 bits per heavy atom. The summed E-state index contributed by atoms with van der Waals surface area (Å²) in [4.78, 5) is 33.5. The first-order chi connectivity index (χ1) is 18.4. The largest absolute Gasteiger partial charge is 0.444 e. The number of nitrogens with zero attached hydrogens (tertiary/aromatic N) is 6. The third kappa shape index (κ3) is 5.23. The van der Waals surface area contributed by atoms with Gasteiger partial charge in [0.2, 0.25) is 0 Å². The average Bonchev–Trinajstić information content (AvgIpc) is 3.45. The van der Waals surface area contributed by atoms with Gasteiger partial charge in [0, 0.05) is 62.8 Å². The first-order valence-corrected chi connectivity index (χ1v) is 12.8. The molecule has 0 saturated carbocycles. The van der Waals surface area contributed by atoms with Crippen molar-refractivity contribution in [3.63, 3.8) is 0 Å². The number of piperazine rings is 1. The number of carbonyl (C=O) groups excluding carboxylic acids is 2. The van der Waals surface area contributed by atoms with Crippen LogP contribution >= 0.6 is 0 Å². The molecule has 3 aromatic heterocycles. The van der Waals surface area contributed by atoms with Crippen molar-refractivity contribution in [2.24, 2.45) is 0 Å². The molecule has 1 aliphatic heterocycles. The van der Waals surface area contributed by atoms with Gasteiger partial charge in [0.1, 0.15) is 22.5 Å². The molecule has 0 spiro atoms. The van der Waals surface area contributed by atoms with Gasteiger partial charge in [0.25, 0.3) is 5.91 Å². The predicted molar refractivity (Wildman–Crippen MR) is 143 cm³/mol. The number of benzene rings is 1. The van der Waals surface area contributed by atoms with Crippen LogP contribution in [0.4, 0.5) is 25.0 Å². The molecule has 1 N–H and O–H groups in total. The van der Waals surface area contributed by atoms with Gasteiger partial charge in [0.05, 0.1) is 17.1 Å². The molecular formula is C27H31F2N7O3. The van der Waals surface area contributed by atoms with Crippen molar-refractivity contribution in [1.82, 2.24) is 24.1 Å². The van der Waals surface area contributed by atoms with Crippen LogP contribution in [0.5, 0.6) is 0 Å². The maximum atomic E-state index is 15.6. The number of pyridine rings is 1. The fourth-order valence-electron chi connectivity index (χ4n) is 4.71. The summed E-state index contributed by atoms with van der Waals surface area (Å²) in [6, 6.07) is 2.48. The molecule has 10 nitrogen and oxygen atoms in total. The van der Waals surface area contributed by atoms with E-state index in [-0.39, 0.29) is 28.5 Å². The molecular weight excluding hydrogens is 508 g/mol. The fraction of sp³-hybridized carbons (Fsp3) is 0.407. The Labute approximate surface area is 224 Å². The lowest BCUT2D eigenvalue weighted by atomic mass is 10.1. The van der Waals surface area contributed by atoms with Crippen LogP contribution in [0.1, 0.15) is 43.7 Å². The van der Waals surface area contributed by atoms with Gasteiger partial charge in [-0.3, -0.25) is 9.48 Å². The number of aromatic nitrogens is 4. The summed E-state index contributed by atoms with van der Waals surface area (Å²) in [7, 11) is 0. The predicted octanol–water partition coefficient (Wildman–Crippen LogP) is 4.60. The standard InChI is InChI=1S/C27H31F2N7O3/c1-6-36-15-18-21(33-7-9-34(10-8-33)26(38)39-27(3,4)5)12-19(28)22(23(18)32-36)25(37)31-17-11-20(29)24-30-16(2)13-35(24)14-17/h11-15H,6-10H2,1-5H3,(H,31,37). The lowest BCUT2D eigenvalue weighted by molar-refractivity contribution is 0.0240. The highest BCUT2D eigenvalue weighted by Gasteiger charge is 2.29. The second-order valence-electron chi connectivity index (χ2n) is 10.6. The topological polar surface area (TPSA) is 97.0 Å². The summed E-state index contributed by atoms with van der Waals surface area (Å²) in [6.07, 6.45) is 4.55. The molecule has 0 aliphatic carbocycles. The van der Waals surface area contributed by atoms with Crippen LogP contribution in [-0.2, 0) is 11.3 Å². The van der Waals surface area contributed by atoms with Crippen LogP contribution in [0.15, 0.2) is 30.7 Å². The SMILES string of the molecule is CCn1cc2c(N3CCN(C(=O)OC(C)(C)C)CC3)cc(F)c(C(=O)Nc3cc(F)c4nc(C)cn4c3)c2n1. The Bertz CT molecular complexity index is 1580. The molecule has 39 heavy (non-hydrogen) atoms. The molecule has 206 valence electrons. The van der Waals surface area contributed by atoms with Gasteiger partial charge in [-0.25, -0.2) is 18.6 Å². The van der Waals surface area contributed by atoms with Gasteiger partial charge < -0.3 is 24.3 Å². The van der Waals surface area contributed by atoms with E-state index in [4.69, 9.17) is 4.74 Å². The number of halogens is 2. The number of aryl methyl sites for hydroxylation is 2. The average molecular weight is 540 g/mol. The monoisotopic (exact) mass is 539 g/mol. The molecule has 0 atom stereocenters. The second-order valence-corrected chi connectivity index (χ2v) is 10.6. The highest BCUT2D eigenvalue weighted by atomic mass is 19.1. The number of nitrogens with one attached hydrogen (secondary N) is 1. The van der Waals surface area contributed by atoms with Crippen molar-refractivity contribution in [3.05, 3.63) is 53.6 Å². The third-order valence-electron chi connectivity index (χ3n) is 6.48. The van der Waals surface area contributed by atoms with Crippen LogP contribution in [0.2, 0.25) is 0 Å². The fourth-order valence-corrected chi connectivity index (χ4v) is 4.71. The van der Waals surface area contributed by atoms with Gasteiger partial charge >= 0.3 is 6.09 Å². The molecule has 0 radical (unpaired) electrons. The minimum atomic E-state index is -0.744. The first kappa shape index (κ1) is 26.4. The van der Waals surface area contributed by atoms with E-state index in [0.717, 1.165) is 6.07 Å². The molecule has 1 aliphatic rings. The molecule has 0 bridgehead atoms. The normalized spacial score (nSPS) is 14.3. The quantitative estimate of drug-likeness (QED) is 0.407. The molecule has 0 unspecified atom stereocenters.